The second kappa shape index (κ2) is 6.25. The molecule has 1 aromatic carbocycles. The zero-order valence-electron chi connectivity index (χ0n) is 13.4. The lowest BCUT2D eigenvalue weighted by Crippen LogP contribution is -2.54. The topological polar surface area (TPSA) is 32.5 Å². The van der Waals surface area contributed by atoms with Crippen LogP contribution in [0.2, 0.25) is 0 Å². The van der Waals surface area contributed by atoms with Crippen molar-refractivity contribution < 1.29 is 0 Å². The van der Waals surface area contributed by atoms with Crippen LogP contribution >= 0.6 is 0 Å². The summed E-state index contributed by atoms with van der Waals surface area (Å²) in [6, 6.07) is 9.25. The van der Waals surface area contributed by atoms with Gasteiger partial charge in [0.1, 0.15) is 0 Å². The molecule has 1 aliphatic heterocycles. The Balaban J connectivity index is 2.10. The van der Waals surface area contributed by atoms with E-state index in [1.54, 1.807) is 0 Å². The monoisotopic (exact) mass is 275 g/mol. The van der Waals surface area contributed by atoms with Crippen molar-refractivity contribution in [3.8, 4) is 0 Å². The minimum absolute atomic E-state index is 0.131. The molecular weight excluding hydrogens is 246 g/mol. The van der Waals surface area contributed by atoms with Crippen LogP contribution in [0.1, 0.15) is 31.4 Å². The molecule has 112 valence electrons. The Morgan fingerprint density at radius 3 is 2.60 bits per heavy atom. The van der Waals surface area contributed by atoms with Gasteiger partial charge in [-0.25, -0.2) is 0 Å². The van der Waals surface area contributed by atoms with Crippen molar-refractivity contribution in [3.63, 3.8) is 0 Å². The molecule has 0 saturated carbocycles. The van der Waals surface area contributed by atoms with E-state index < -0.39 is 0 Å². The van der Waals surface area contributed by atoms with Crippen LogP contribution in [-0.4, -0.2) is 48.1 Å². The van der Waals surface area contributed by atoms with Gasteiger partial charge in [0.05, 0.1) is 0 Å². The molecule has 2 rings (SSSR count). The summed E-state index contributed by atoms with van der Waals surface area (Å²) in [4.78, 5) is 5.01. The van der Waals surface area contributed by atoms with Crippen molar-refractivity contribution in [3.05, 3.63) is 35.4 Å². The Morgan fingerprint density at radius 2 is 2.05 bits per heavy atom. The fraction of sp³-hybridized carbons (Fsp3) is 0.647. The van der Waals surface area contributed by atoms with Crippen LogP contribution in [0, 0.1) is 6.92 Å². The lowest BCUT2D eigenvalue weighted by molar-refractivity contribution is 0.115. The van der Waals surface area contributed by atoms with E-state index >= 15 is 0 Å². The highest BCUT2D eigenvalue weighted by Crippen LogP contribution is 2.29. The van der Waals surface area contributed by atoms with Gasteiger partial charge in [0.15, 0.2) is 0 Å². The summed E-state index contributed by atoms with van der Waals surface area (Å²) in [6.45, 7) is 10.7. The Labute approximate surface area is 123 Å². The van der Waals surface area contributed by atoms with Crippen LogP contribution < -0.4 is 5.73 Å². The summed E-state index contributed by atoms with van der Waals surface area (Å²) < 4.78 is 0. The molecule has 1 atom stereocenters. The fourth-order valence-corrected chi connectivity index (χ4v) is 3.17. The van der Waals surface area contributed by atoms with Gasteiger partial charge in [-0.15, -0.1) is 0 Å². The van der Waals surface area contributed by atoms with Crippen molar-refractivity contribution in [1.29, 1.82) is 0 Å². The summed E-state index contributed by atoms with van der Waals surface area (Å²) in [5.74, 6) is 0. The van der Waals surface area contributed by atoms with E-state index in [1.165, 1.54) is 17.5 Å². The van der Waals surface area contributed by atoms with Gasteiger partial charge >= 0.3 is 0 Å². The van der Waals surface area contributed by atoms with Crippen molar-refractivity contribution in [2.75, 3.05) is 26.7 Å². The molecule has 0 spiro atoms. The van der Waals surface area contributed by atoms with Gasteiger partial charge in [0.2, 0.25) is 0 Å². The summed E-state index contributed by atoms with van der Waals surface area (Å²) in [5, 5.41) is 0. The molecule has 1 heterocycles. The molecule has 20 heavy (non-hydrogen) atoms. The lowest BCUT2D eigenvalue weighted by Gasteiger charge is -2.38. The number of hydrogen-bond acceptors (Lipinski definition) is 3. The highest BCUT2D eigenvalue weighted by molar-refractivity contribution is 5.25. The van der Waals surface area contributed by atoms with E-state index in [4.69, 9.17) is 5.73 Å². The molecule has 3 heteroatoms. The van der Waals surface area contributed by atoms with E-state index in [0.29, 0.717) is 6.04 Å². The van der Waals surface area contributed by atoms with Gasteiger partial charge in [-0.05, 0) is 45.4 Å². The minimum atomic E-state index is 0.131. The van der Waals surface area contributed by atoms with E-state index in [9.17, 15) is 0 Å². The molecule has 0 aliphatic carbocycles. The van der Waals surface area contributed by atoms with Crippen molar-refractivity contribution in [1.82, 2.24) is 9.80 Å². The number of rotatable bonds is 5. The Hall–Kier alpha value is -0.900. The first-order valence-electron chi connectivity index (χ1n) is 7.68. The predicted octanol–water partition coefficient (Wildman–Crippen LogP) is 2.24. The Kier molecular flexibility index (Phi) is 4.84. The predicted molar refractivity (Wildman–Crippen MR) is 85.8 cm³/mol. The van der Waals surface area contributed by atoms with Gasteiger partial charge < -0.3 is 5.73 Å². The Morgan fingerprint density at radius 1 is 1.35 bits per heavy atom. The zero-order valence-corrected chi connectivity index (χ0v) is 13.4. The van der Waals surface area contributed by atoms with E-state index in [-0.39, 0.29) is 5.54 Å². The third-order valence-electron chi connectivity index (χ3n) is 4.95. The number of benzene rings is 1. The molecular formula is C17H29N3. The maximum absolute atomic E-state index is 6.16. The first-order valence-corrected chi connectivity index (χ1v) is 7.68. The number of nitrogens with two attached hydrogens (primary N) is 1. The summed E-state index contributed by atoms with van der Waals surface area (Å²) >= 11 is 0. The third kappa shape index (κ3) is 3.05. The van der Waals surface area contributed by atoms with Crippen molar-refractivity contribution in [2.45, 2.75) is 45.3 Å². The highest BCUT2D eigenvalue weighted by atomic mass is 15.3. The van der Waals surface area contributed by atoms with Crippen LogP contribution in [-0.2, 0) is 6.54 Å². The summed E-state index contributed by atoms with van der Waals surface area (Å²) in [6.07, 6.45) is 1.17. The molecule has 1 fully saturated rings. The Bertz CT molecular complexity index is 444. The van der Waals surface area contributed by atoms with Crippen LogP contribution in [0.15, 0.2) is 24.3 Å². The van der Waals surface area contributed by atoms with Crippen molar-refractivity contribution in [2.24, 2.45) is 5.73 Å². The standard InChI is InChI=1S/C17H29N3/c1-14(2)20-10-9-17(12-18,13-20)19(4)11-16-8-6-5-7-15(16)3/h5-8,14H,9-13,18H2,1-4H3. The average molecular weight is 275 g/mol. The molecule has 1 aliphatic rings. The van der Waals surface area contributed by atoms with E-state index in [1.807, 2.05) is 0 Å². The maximum Gasteiger partial charge on any atom is 0.0471 e. The van der Waals surface area contributed by atoms with Crippen LogP contribution in [0.5, 0.6) is 0 Å². The number of likely N-dealkylation sites (N-methyl/N-ethyl adjacent to an activating group) is 1. The first kappa shape index (κ1) is 15.5. The maximum atomic E-state index is 6.16. The summed E-state index contributed by atoms with van der Waals surface area (Å²) in [5.41, 5.74) is 9.06. The average Bonchev–Trinajstić information content (AvgIpc) is 2.87. The van der Waals surface area contributed by atoms with E-state index in [0.717, 1.165) is 26.2 Å². The first-order chi connectivity index (χ1) is 9.48. The van der Waals surface area contributed by atoms with Gasteiger partial charge in [-0.3, -0.25) is 9.80 Å². The molecule has 0 bridgehead atoms. The molecule has 2 N–H and O–H groups in total. The molecule has 0 radical (unpaired) electrons. The van der Waals surface area contributed by atoms with Crippen LogP contribution in [0.25, 0.3) is 0 Å². The number of hydrogen-bond donors (Lipinski definition) is 1. The SMILES string of the molecule is Cc1ccccc1CN(C)C1(CN)CCN(C(C)C)C1. The normalized spacial score (nSPS) is 23.9. The fourth-order valence-electron chi connectivity index (χ4n) is 3.17. The second-order valence-electron chi connectivity index (χ2n) is 6.53. The molecule has 1 aromatic rings. The summed E-state index contributed by atoms with van der Waals surface area (Å²) in [7, 11) is 2.23. The highest BCUT2D eigenvalue weighted by Gasteiger charge is 2.40. The lowest BCUT2D eigenvalue weighted by atomic mass is 9.95. The number of likely N-dealkylation sites (tertiary alicyclic amines) is 1. The van der Waals surface area contributed by atoms with Crippen LogP contribution in [0.3, 0.4) is 0 Å². The largest absolute Gasteiger partial charge is 0.329 e. The quantitative estimate of drug-likeness (QED) is 0.894. The third-order valence-corrected chi connectivity index (χ3v) is 4.95. The molecule has 1 unspecified atom stereocenters. The van der Waals surface area contributed by atoms with Gasteiger partial charge in [0.25, 0.3) is 0 Å². The molecule has 3 nitrogen and oxygen atoms in total. The van der Waals surface area contributed by atoms with Crippen molar-refractivity contribution >= 4 is 0 Å². The van der Waals surface area contributed by atoms with Gasteiger partial charge in [0, 0.05) is 37.8 Å². The molecule has 1 saturated heterocycles. The van der Waals surface area contributed by atoms with Crippen LogP contribution in [0.4, 0.5) is 0 Å². The minimum Gasteiger partial charge on any atom is -0.329 e. The second-order valence-corrected chi connectivity index (χ2v) is 6.53. The zero-order chi connectivity index (χ0) is 14.8. The number of aryl methyl sites for hydroxylation is 1. The molecule has 0 amide bonds. The molecule has 0 aromatic heterocycles. The van der Waals surface area contributed by atoms with Gasteiger partial charge in [-0.2, -0.15) is 0 Å². The van der Waals surface area contributed by atoms with Gasteiger partial charge in [-0.1, -0.05) is 24.3 Å². The van der Waals surface area contributed by atoms with E-state index in [2.05, 4.69) is 61.9 Å². The number of nitrogens with zero attached hydrogens (tertiary/aromatic N) is 2. The smallest absolute Gasteiger partial charge is 0.0471 e.